The molecule has 1 heterocycles. The van der Waals surface area contributed by atoms with Crippen LogP contribution in [0, 0.1) is 6.92 Å². The van der Waals surface area contributed by atoms with Crippen LogP contribution in [0.15, 0.2) is 35.7 Å². The molecule has 0 fully saturated rings. The van der Waals surface area contributed by atoms with Gasteiger partial charge in [0.15, 0.2) is 6.04 Å². The average molecular weight is 310 g/mol. The maximum atomic E-state index is 12.1. The summed E-state index contributed by atoms with van der Waals surface area (Å²) in [5.41, 5.74) is 1.19. The van der Waals surface area contributed by atoms with Gasteiger partial charge in [-0.15, -0.1) is 11.3 Å². The van der Waals surface area contributed by atoms with Gasteiger partial charge in [0.05, 0.1) is 0 Å². The Bertz CT molecular complexity index is 640. The fourth-order valence-corrected chi connectivity index (χ4v) is 2.61. The third-order valence-corrected chi connectivity index (χ3v) is 4.13. The molecule has 0 saturated carbocycles. The van der Waals surface area contributed by atoms with E-state index in [4.69, 9.17) is 11.6 Å². The summed E-state index contributed by atoms with van der Waals surface area (Å²) in [5.74, 6) is -1.56. The number of amides is 1. The maximum Gasteiger partial charge on any atom is 0.331 e. The predicted octanol–water partition coefficient (Wildman–Crippen LogP) is 3.27. The third kappa shape index (κ3) is 3.18. The SMILES string of the molecule is Cc1ccc(C(=O)NC(C(=O)O)c2cccs2)cc1Cl. The zero-order valence-corrected chi connectivity index (χ0v) is 12.2. The lowest BCUT2D eigenvalue weighted by Gasteiger charge is -2.13. The van der Waals surface area contributed by atoms with Crippen molar-refractivity contribution in [3.63, 3.8) is 0 Å². The minimum absolute atomic E-state index is 0.336. The van der Waals surface area contributed by atoms with E-state index in [1.54, 1.807) is 29.6 Å². The molecule has 20 heavy (non-hydrogen) atoms. The number of hydrogen-bond acceptors (Lipinski definition) is 3. The highest BCUT2D eigenvalue weighted by Gasteiger charge is 2.23. The number of carboxylic acids is 1. The van der Waals surface area contributed by atoms with E-state index in [9.17, 15) is 14.7 Å². The minimum Gasteiger partial charge on any atom is -0.479 e. The fourth-order valence-electron chi connectivity index (χ4n) is 1.66. The van der Waals surface area contributed by atoms with Crippen molar-refractivity contribution < 1.29 is 14.7 Å². The summed E-state index contributed by atoms with van der Waals surface area (Å²) in [5, 5.41) is 13.9. The number of thiophene rings is 1. The monoisotopic (exact) mass is 309 g/mol. The van der Waals surface area contributed by atoms with Crippen molar-refractivity contribution in [3.05, 3.63) is 56.7 Å². The first-order chi connectivity index (χ1) is 9.49. The predicted molar refractivity (Wildman–Crippen MR) is 78.4 cm³/mol. The molecule has 1 unspecified atom stereocenters. The highest BCUT2D eigenvalue weighted by Crippen LogP contribution is 2.21. The molecule has 2 aromatic rings. The van der Waals surface area contributed by atoms with Crippen molar-refractivity contribution in [2.24, 2.45) is 0 Å². The smallest absolute Gasteiger partial charge is 0.331 e. The van der Waals surface area contributed by atoms with Gasteiger partial charge in [-0.3, -0.25) is 4.79 Å². The Labute approximate surface area is 125 Å². The Hall–Kier alpha value is -1.85. The molecule has 1 aromatic heterocycles. The summed E-state index contributed by atoms with van der Waals surface area (Å²) in [6, 6.07) is 7.22. The number of nitrogens with one attached hydrogen (secondary N) is 1. The number of aliphatic carboxylic acids is 1. The second-order valence-electron chi connectivity index (χ2n) is 4.22. The second-order valence-corrected chi connectivity index (χ2v) is 5.61. The lowest BCUT2D eigenvalue weighted by Crippen LogP contribution is -2.33. The van der Waals surface area contributed by atoms with E-state index in [-0.39, 0.29) is 0 Å². The maximum absolute atomic E-state index is 12.1. The van der Waals surface area contributed by atoms with Gasteiger partial charge in [-0.05, 0) is 36.1 Å². The van der Waals surface area contributed by atoms with Crippen LogP contribution in [0.4, 0.5) is 0 Å². The van der Waals surface area contributed by atoms with Gasteiger partial charge in [0.25, 0.3) is 5.91 Å². The highest BCUT2D eigenvalue weighted by atomic mass is 35.5. The van der Waals surface area contributed by atoms with Crippen LogP contribution in [-0.4, -0.2) is 17.0 Å². The van der Waals surface area contributed by atoms with Crippen LogP contribution in [0.3, 0.4) is 0 Å². The summed E-state index contributed by atoms with van der Waals surface area (Å²) in [4.78, 5) is 23.9. The van der Waals surface area contributed by atoms with Crippen molar-refractivity contribution in [2.75, 3.05) is 0 Å². The van der Waals surface area contributed by atoms with E-state index >= 15 is 0 Å². The Morgan fingerprint density at radius 2 is 2.10 bits per heavy atom. The summed E-state index contributed by atoms with van der Waals surface area (Å²) in [7, 11) is 0. The zero-order chi connectivity index (χ0) is 14.7. The largest absolute Gasteiger partial charge is 0.479 e. The number of hydrogen-bond donors (Lipinski definition) is 2. The number of carboxylic acid groups (broad SMARTS) is 1. The minimum atomic E-state index is -1.10. The number of rotatable bonds is 4. The van der Waals surface area contributed by atoms with Gasteiger partial charge >= 0.3 is 5.97 Å². The van der Waals surface area contributed by atoms with E-state index in [1.165, 1.54) is 17.4 Å². The highest BCUT2D eigenvalue weighted by molar-refractivity contribution is 7.10. The molecule has 2 rings (SSSR count). The lowest BCUT2D eigenvalue weighted by molar-refractivity contribution is -0.139. The molecule has 0 aliphatic heterocycles. The number of halogens is 1. The molecule has 1 atom stereocenters. The van der Waals surface area contributed by atoms with Crippen LogP contribution in [0.25, 0.3) is 0 Å². The first kappa shape index (κ1) is 14.6. The van der Waals surface area contributed by atoms with Gasteiger partial charge in [-0.25, -0.2) is 4.79 Å². The van der Waals surface area contributed by atoms with E-state index in [2.05, 4.69) is 5.32 Å². The average Bonchev–Trinajstić information content (AvgIpc) is 2.92. The van der Waals surface area contributed by atoms with Crippen molar-refractivity contribution >= 4 is 34.8 Å². The molecule has 2 N–H and O–H groups in total. The molecule has 0 spiro atoms. The van der Waals surface area contributed by atoms with Crippen LogP contribution in [0.1, 0.15) is 26.8 Å². The van der Waals surface area contributed by atoms with Crippen LogP contribution in [0.2, 0.25) is 5.02 Å². The number of carbonyl (C=O) groups excluding carboxylic acids is 1. The molecule has 1 amide bonds. The van der Waals surface area contributed by atoms with Crippen molar-refractivity contribution in [1.29, 1.82) is 0 Å². The van der Waals surface area contributed by atoms with Crippen molar-refractivity contribution in [2.45, 2.75) is 13.0 Å². The topological polar surface area (TPSA) is 66.4 Å². The Morgan fingerprint density at radius 3 is 2.65 bits per heavy atom. The van der Waals surface area contributed by atoms with Gasteiger partial charge in [-0.2, -0.15) is 0 Å². The molecule has 0 bridgehead atoms. The van der Waals surface area contributed by atoms with Gasteiger partial charge in [0.1, 0.15) is 0 Å². The second kappa shape index (κ2) is 6.07. The number of benzene rings is 1. The van der Waals surface area contributed by atoms with E-state index < -0.39 is 17.9 Å². The van der Waals surface area contributed by atoms with E-state index in [0.717, 1.165) is 5.56 Å². The van der Waals surface area contributed by atoms with Crippen molar-refractivity contribution in [3.8, 4) is 0 Å². The quantitative estimate of drug-likeness (QED) is 0.911. The Balaban J connectivity index is 2.20. The molecular weight excluding hydrogens is 298 g/mol. The van der Waals surface area contributed by atoms with Crippen LogP contribution in [-0.2, 0) is 4.79 Å². The molecule has 6 heteroatoms. The Kier molecular flexibility index (Phi) is 4.42. The van der Waals surface area contributed by atoms with Crippen LogP contribution < -0.4 is 5.32 Å². The molecule has 104 valence electrons. The summed E-state index contributed by atoms with van der Waals surface area (Å²) in [6.07, 6.45) is 0. The van der Waals surface area contributed by atoms with Gasteiger partial charge < -0.3 is 10.4 Å². The van der Waals surface area contributed by atoms with Gasteiger partial charge in [0.2, 0.25) is 0 Å². The molecule has 0 saturated heterocycles. The molecule has 0 aliphatic rings. The molecule has 1 aromatic carbocycles. The van der Waals surface area contributed by atoms with Gasteiger partial charge in [-0.1, -0.05) is 23.7 Å². The third-order valence-electron chi connectivity index (χ3n) is 2.78. The van der Waals surface area contributed by atoms with E-state index in [1.807, 2.05) is 6.92 Å². The normalized spacial score (nSPS) is 11.9. The van der Waals surface area contributed by atoms with Crippen LogP contribution in [0.5, 0.6) is 0 Å². The zero-order valence-electron chi connectivity index (χ0n) is 10.6. The number of carbonyl (C=O) groups is 2. The first-order valence-electron chi connectivity index (χ1n) is 5.82. The standard InChI is InChI=1S/C14H12ClNO3S/c1-8-4-5-9(7-10(8)15)13(17)16-12(14(18)19)11-3-2-6-20-11/h2-7,12H,1H3,(H,16,17)(H,18,19). The van der Waals surface area contributed by atoms with Crippen molar-refractivity contribution in [1.82, 2.24) is 5.32 Å². The summed E-state index contributed by atoms with van der Waals surface area (Å²) < 4.78 is 0. The summed E-state index contributed by atoms with van der Waals surface area (Å²) in [6.45, 7) is 1.83. The van der Waals surface area contributed by atoms with Crippen LogP contribution >= 0.6 is 22.9 Å². The number of aryl methyl sites for hydroxylation is 1. The first-order valence-corrected chi connectivity index (χ1v) is 7.08. The fraction of sp³-hybridized carbons (Fsp3) is 0.143. The molecule has 4 nitrogen and oxygen atoms in total. The molecule has 0 aliphatic carbocycles. The molecular formula is C14H12ClNO3S. The Morgan fingerprint density at radius 1 is 1.35 bits per heavy atom. The molecule has 0 radical (unpaired) electrons. The van der Waals surface area contributed by atoms with E-state index in [0.29, 0.717) is 15.5 Å². The lowest BCUT2D eigenvalue weighted by atomic mass is 10.1. The van der Waals surface area contributed by atoms with Gasteiger partial charge in [0, 0.05) is 15.5 Å². The summed E-state index contributed by atoms with van der Waals surface area (Å²) >= 11 is 7.24.